The van der Waals surface area contributed by atoms with E-state index in [1.165, 1.54) is 6.33 Å². The number of imidazole rings is 1. The van der Waals surface area contributed by atoms with Gasteiger partial charge in [-0.1, -0.05) is 55.4 Å². The average Bonchev–Trinajstić information content (AvgIpc) is 3.56. The van der Waals surface area contributed by atoms with Crippen molar-refractivity contribution in [3.8, 4) is 11.4 Å². The fourth-order valence-electron chi connectivity index (χ4n) is 6.60. The molecule has 11 nitrogen and oxygen atoms in total. The van der Waals surface area contributed by atoms with Crippen LogP contribution in [0.4, 0.5) is 5.82 Å². The van der Waals surface area contributed by atoms with E-state index in [0.29, 0.717) is 22.9 Å². The van der Waals surface area contributed by atoms with Crippen molar-refractivity contribution >= 4 is 28.5 Å². The molecule has 13 heteroatoms. The summed E-state index contributed by atoms with van der Waals surface area (Å²) in [4.78, 5) is 11.8. The number of aliphatic hydroxyl groups is 1. The third-order valence-corrected chi connectivity index (χ3v) is 18.9. The Labute approximate surface area is 238 Å². The molecule has 0 aliphatic carbocycles. The van der Waals surface area contributed by atoms with Crippen LogP contribution in [0.3, 0.4) is 0 Å². The van der Waals surface area contributed by atoms with Crippen molar-refractivity contribution in [1.29, 1.82) is 0 Å². The number of H-pyrrole nitrogens is 1. The van der Waals surface area contributed by atoms with Gasteiger partial charge in [0, 0.05) is 18.0 Å². The summed E-state index contributed by atoms with van der Waals surface area (Å²) in [5, 5.41) is 16.8. The molecule has 0 amide bonds. The molecule has 3 aromatic rings. The number of hydrogen-bond acceptors (Lipinski definition) is 9. The monoisotopic (exact) mass is 588 g/mol. The van der Waals surface area contributed by atoms with Gasteiger partial charge >= 0.3 is 17.1 Å². The second kappa shape index (κ2) is 10.3. The van der Waals surface area contributed by atoms with Crippen LogP contribution in [0.2, 0.25) is 22.2 Å². The Balaban J connectivity index is 1.65. The molecular formula is C27H44N6O5Si2. The van der Waals surface area contributed by atoms with Gasteiger partial charge in [-0.05, 0) is 35.2 Å². The van der Waals surface area contributed by atoms with Crippen molar-refractivity contribution in [3.63, 3.8) is 0 Å². The van der Waals surface area contributed by atoms with Crippen molar-refractivity contribution in [3.05, 3.63) is 30.5 Å². The number of rotatable bonds is 6. The summed E-state index contributed by atoms with van der Waals surface area (Å²) in [6.07, 6.45) is 2.87. The molecule has 2 fully saturated rings. The molecule has 5 rings (SSSR count). The molecule has 40 heavy (non-hydrogen) atoms. The topological polar surface area (TPSA) is 142 Å². The molecule has 1 unspecified atom stereocenters. The number of hydrogen-bond donors (Lipinski definition) is 3. The van der Waals surface area contributed by atoms with Gasteiger partial charge in [0.1, 0.15) is 41.6 Å². The van der Waals surface area contributed by atoms with E-state index in [0.717, 1.165) is 5.56 Å². The van der Waals surface area contributed by atoms with E-state index >= 15 is 0 Å². The maximum Gasteiger partial charge on any atom is 0.335 e. The second-order valence-electron chi connectivity index (χ2n) is 12.6. The number of nitrogens with one attached hydrogen (secondary N) is 1. The lowest BCUT2D eigenvalue weighted by molar-refractivity contribution is -0.0688. The quantitative estimate of drug-likeness (QED) is 0.345. The second-order valence-corrected chi connectivity index (χ2v) is 21.5. The van der Waals surface area contributed by atoms with Crippen LogP contribution in [-0.4, -0.2) is 71.2 Å². The summed E-state index contributed by atoms with van der Waals surface area (Å²) in [6, 6.07) is 1.91. The summed E-state index contributed by atoms with van der Waals surface area (Å²) in [5.41, 5.74) is 7.52. The predicted molar refractivity (Wildman–Crippen MR) is 157 cm³/mol. The third kappa shape index (κ3) is 4.37. The first-order valence-corrected chi connectivity index (χ1v) is 18.2. The largest absolute Gasteiger partial charge is 0.414 e. The lowest BCUT2D eigenvalue weighted by Crippen LogP contribution is -2.66. The molecule has 0 radical (unpaired) electrons. The van der Waals surface area contributed by atoms with E-state index in [1.54, 1.807) is 23.8 Å². The first-order chi connectivity index (χ1) is 18.8. The van der Waals surface area contributed by atoms with Gasteiger partial charge in [0.25, 0.3) is 0 Å². The van der Waals surface area contributed by atoms with Crippen molar-refractivity contribution in [2.24, 2.45) is 0 Å². The fourth-order valence-corrected chi connectivity index (χ4v) is 17.9. The Bertz CT molecular complexity index is 1330. The van der Waals surface area contributed by atoms with Gasteiger partial charge in [-0.3, -0.25) is 0 Å². The maximum atomic E-state index is 12.3. The van der Waals surface area contributed by atoms with Crippen molar-refractivity contribution < 1.29 is 22.8 Å². The zero-order valence-corrected chi connectivity index (χ0v) is 27.0. The Kier molecular flexibility index (Phi) is 7.56. The molecule has 220 valence electrons. The molecule has 0 spiro atoms. The van der Waals surface area contributed by atoms with Crippen LogP contribution in [0.15, 0.2) is 24.8 Å². The number of anilines is 1. The Morgan fingerprint density at radius 1 is 1.05 bits per heavy atom. The minimum absolute atomic E-state index is 0.126. The average molecular weight is 589 g/mol. The van der Waals surface area contributed by atoms with Crippen molar-refractivity contribution in [1.82, 2.24) is 24.6 Å². The lowest BCUT2D eigenvalue weighted by Gasteiger charge is -2.52. The number of nitrogen functional groups attached to an aromatic ring is 1. The van der Waals surface area contributed by atoms with Gasteiger partial charge in [0.05, 0.1) is 12.3 Å². The summed E-state index contributed by atoms with van der Waals surface area (Å²) < 4.78 is 29.8. The summed E-state index contributed by atoms with van der Waals surface area (Å²) >= 11 is 0. The Hall–Kier alpha value is -2.14. The van der Waals surface area contributed by atoms with E-state index < -0.39 is 41.0 Å². The third-order valence-electron chi connectivity index (χ3n) is 8.71. The molecule has 0 saturated carbocycles. The highest BCUT2D eigenvalue weighted by Gasteiger charge is 2.64. The van der Waals surface area contributed by atoms with Gasteiger partial charge in [-0.2, -0.15) is 5.10 Å². The van der Waals surface area contributed by atoms with Crippen molar-refractivity contribution in [2.45, 2.75) is 108 Å². The molecule has 0 bridgehead atoms. The Morgan fingerprint density at radius 3 is 2.27 bits per heavy atom. The first-order valence-electron chi connectivity index (χ1n) is 14.3. The SMILES string of the molecule is CC(C)[Si]1(C(C)C)OC[C@H]2O[C@@H](c3cc(-c4ncc[nH]4)c4c(N)ncnn34)[C@](C)(O)C2O[Si](C(C)C)(C(C)C)O1. The number of fused-ring (bicyclic) bond motifs is 2. The maximum absolute atomic E-state index is 12.3. The van der Waals surface area contributed by atoms with Gasteiger partial charge in [0.2, 0.25) is 0 Å². The highest BCUT2D eigenvalue weighted by molar-refractivity contribution is 6.84. The number of aromatic nitrogens is 5. The molecule has 3 aromatic heterocycles. The highest BCUT2D eigenvalue weighted by atomic mass is 28.5. The lowest BCUT2D eigenvalue weighted by atomic mass is 9.91. The van der Waals surface area contributed by atoms with Crippen LogP contribution in [0.5, 0.6) is 0 Å². The van der Waals surface area contributed by atoms with Gasteiger partial charge < -0.3 is 33.5 Å². The minimum Gasteiger partial charge on any atom is -0.414 e. The normalized spacial score (nSPS) is 28.5. The van der Waals surface area contributed by atoms with E-state index in [9.17, 15) is 5.11 Å². The van der Waals surface area contributed by atoms with Crippen LogP contribution in [0, 0.1) is 0 Å². The highest BCUT2D eigenvalue weighted by Crippen LogP contribution is 2.52. The molecule has 0 aromatic carbocycles. The molecule has 4 atom stereocenters. The van der Waals surface area contributed by atoms with Crippen LogP contribution in [-0.2, 0) is 17.7 Å². The summed E-state index contributed by atoms with van der Waals surface area (Å²) in [6.45, 7) is 19.5. The van der Waals surface area contributed by atoms with Gasteiger partial charge in [-0.15, -0.1) is 0 Å². The predicted octanol–water partition coefficient (Wildman–Crippen LogP) is 4.85. The number of aromatic amines is 1. The van der Waals surface area contributed by atoms with Crippen LogP contribution >= 0.6 is 0 Å². The smallest absolute Gasteiger partial charge is 0.335 e. The molecule has 4 N–H and O–H groups in total. The first kappa shape index (κ1) is 29.4. The molecule has 2 aliphatic rings. The standard InChI is InChI=1S/C27H44N6O5Si2/c1-15(2)39(16(3)4)35-13-21-24(37-40(38-39,17(5)6)18(7)8)27(9,34)23(36-21)20-12-19(26-29-10-11-30-26)22-25(28)31-14-32-33(20)22/h10-12,14-18,21,23-24,34H,13H2,1-9H3,(H,29,30)(H2,28,31,32)/t21-,23+,24?,27+/m1/s1. The zero-order valence-electron chi connectivity index (χ0n) is 25.0. The molecular weight excluding hydrogens is 545 g/mol. The zero-order chi connectivity index (χ0) is 29.2. The van der Waals surface area contributed by atoms with Gasteiger partial charge in [0.15, 0.2) is 5.82 Å². The van der Waals surface area contributed by atoms with E-state index in [4.69, 9.17) is 23.4 Å². The van der Waals surface area contributed by atoms with Crippen LogP contribution in [0.1, 0.15) is 74.1 Å². The van der Waals surface area contributed by atoms with E-state index in [2.05, 4.69) is 75.4 Å². The number of nitrogens with two attached hydrogens (primary N) is 1. The number of ether oxygens (including phenoxy) is 1. The van der Waals surface area contributed by atoms with Crippen LogP contribution in [0.25, 0.3) is 16.9 Å². The molecule has 2 aliphatic heterocycles. The molecule has 5 heterocycles. The summed E-state index contributed by atoms with van der Waals surface area (Å²) in [5.74, 6) is 0.928. The van der Waals surface area contributed by atoms with E-state index in [1.807, 2.05) is 6.07 Å². The Morgan fingerprint density at radius 2 is 1.70 bits per heavy atom. The fraction of sp³-hybridized carbons (Fsp3) is 0.667. The van der Waals surface area contributed by atoms with Gasteiger partial charge in [-0.25, -0.2) is 14.5 Å². The van der Waals surface area contributed by atoms with E-state index in [-0.39, 0.29) is 28.8 Å². The number of nitrogens with zero attached hydrogens (tertiary/aromatic N) is 4. The minimum atomic E-state index is -2.96. The summed E-state index contributed by atoms with van der Waals surface area (Å²) in [7, 11) is -5.71. The van der Waals surface area contributed by atoms with Crippen LogP contribution < -0.4 is 5.73 Å². The molecule has 2 saturated heterocycles. The van der Waals surface area contributed by atoms with Crippen molar-refractivity contribution in [2.75, 3.05) is 12.3 Å².